The van der Waals surface area contributed by atoms with Gasteiger partial charge in [-0.05, 0) is 38.5 Å². The van der Waals surface area contributed by atoms with Gasteiger partial charge in [-0.3, -0.25) is 4.79 Å². The Balaban J connectivity index is 1.80. The lowest BCUT2D eigenvalue weighted by atomic mass is 10.0. The van der Waals surface area contributed by atoms with Crippen LogP contribution in [0.1, 0.15) is 37.1 Å². The lowest BCUT2D eigenvalue weighted by molar-refractivity contribution is -0.113. The predicted molar refractivity (Wildman–Crippen MR) is 92.7 cm³/mol. The molecule has 3 heterocycles. The number of rotatable bonds is 1. The van der Waals surface area contributed by atoms with Crippen LogP contribution in [0.4, 0.5) is 5.82 Å². The molecule has 2 aliphatic heterocycles. The first-order chi connectivity index (χ1) is 11.4. The molecule has 24 heavy (non-hydrogen) atoms. The number of anilines is 1. The number of benzene rings is 1. The Morgan fingerprint density at radius 3 is 2.88 bits per heavy atom. The first-order valence-electron chi connectivity index (χ1n) is 7.83. The highest BCUT2D eigenvalue weighted by Gasteiger charge is 2.31. The van der Waals surface area contributed by atoms with Crippen molar-refractivity contribution < 1.29 is 14.3 Å². The van der Waals surface area contributed by atoms with Crippen LogP contribution in [0.5, 0.6) is 11.5 Å². The first kappa shape index (κ1) is 15.4. The van der Waals surface area contributed by atoms with Gasteiger partial charge < -0.3 is 14.8 Å². The number of nitrogens with one attached hydrogen (secondary N) is 1. The Morgan fingerprint density at radius 1 is 1.29 bits per heavy atom. The standard InChI is InChI=1S/C17H19N3O3S/c1-17(2,3)20-16-11(7-18-20)15(24-8-14(21)19-16)10-4-5-12-13(6-10)23-9-22-12/h4-7,15H,8-9H2,1-3H3,(H,19,21)/t15-/m0/s1. The molecule has 0 unspecified atom stereocenters. The molecule has 0 aliphatic carbocycles. The fraction of sp³-hybridized carbons (Fsp3) is 0.412. The van der Waals surface area contributed by atoms with Gasteiger partial charge in [0.2, 0.25) is 12.7 Å². The fourth-order valence-electron chi connectivity index (χ4n) is 2.96. The molecule has 0 saturated carbocycles. The van der Waals surface area contributed by atoms with Crippen molar-refractivity contribution in [2.75, 3.05) is 17.9 Å². The third-order valence-electron chi connectivity index (χ3n) is 4.05. The smallest absolute Gasteiger partial charge is 0.235 e. The van der Waals surface area contributed by atoms with E-state index in [1.165, 1.54) is 0 Å². The molecular weight excluding hydrogens is 326 g/mol. The Morgan fingerprint density at radius 2 is 2.08 bits per heavy atom. The van der Waals surface area contributed by atoms with Crippen molar-refractivity contribution in [2.45, 2.75) is 31.6 Å². The number of amides is 1. The van der Waals surface area contributed by atoms with E-state index in [0.717, 1.165) is 28.4 Å². The summed E-state index contributed by atoms with van der Waals surface area (Å²) >= 11 is 1.60. The van der Waals surface area contributed by atoms with Crippen LogP contribution in [0.15, 0.2) is 24.4 Å². The van der Waals surface area contributed by atoms with Crippen molar-refractivity contribution in [2.24, 2.45) is 0 Å². The molecule has 1 N–H and O–H groups in total. The van der Waals surface area contributed by atoms with E-state index in [1.54, 1.807) is 11.8 Å². The van der Waals surface area contributed by atoms with Crippen LogP contribution < -0.4 is 14.8 Å². The second-order valence-electron chi connectivity index (χ2n) is 6.88. The van der Waals surface area contributed by atoms with Gasteiger partial charge >= 0.3 is 0 Å². The Hall–Kier alpha value is -2.15. The number of carbonyl (C=O) groups excluding carboxylic acids is 1. The highest BCUT2D eigenvalue weighted by Crippen LogP contribution is 2.45. The zero-order chi connectivity index (χ0) is 16.9. The normalized spacial score (nSPS) is 19.6. The topological polar surface area (TPSA) is 65.4 Å². The molecule has 1 aromatic carbocycles. The van der Waals surface area contributed by atoms with Crippen LogP contribution in [-0.4, -0.2) is 28.2 Å². The minimum Gasteiger partial charge on any atom is -0.454 e. The summed E-state index contributed by atoms with van der Waals surface area (Å²) in [5, 5.41) is 7.56. The molecule has 0 bridgehead atoms. The number of fused-ring (bicyclic) bond motifs is 2. The molecule has 126 valence electrons. The van der Waals surface area contributed by atoms with Crippen molar-refractivity contribution in [3.8, 4) is 11.5 Å². The molecule has 0 saturated heterocycles. The van der Waals surface area contributed by atoms with Gasteiger partial charge in [-0.15, -0.1) is 11.8 Å². The van der Waals surface area contributed by atoms with Gasteiger partial charge in [-0.2, -0.15) is 5.10 Å². The number of thioether (sulfide) groups is 1. The zero-order valence-electron chi connectivity index (χ0n) is 13.8. The van der Waals surface area contributed by atoms with Crippen LogP contribution in [0.25, 0.3) is 0 Å². The largest absolute Gasteiger partial charge is 0.454 e. The minimum atomic E-state index is -0.213. The van der Waals surface area contributed by atoms with Crippen molar-refractivity contribution in [3.05, 3.63) is 35.5 Å². The van der Waals surface area contributed by atoms with Gasteiger partial charge in [0, 0.05) is 5.56 Å². The predicted octanol–water partition coefficient (Wildman–Crippen LogP) is 3.14. The van der Waals surface area contributed by atoms with E-state index in [-0.39, 0.29) is 23.5 Å². The molecular formula is C17H19N3O3S. The highest BCUT2D eigenvalue weighted by atomic mass is 32.2. The van der Waals surface area contributed by atoms with Gasteiger partial charge in [0.05, 0.1) is 22.7 Å². The summed E-state index contributed by atoms with van der Waals surface area (Å²) in [6.45, 7) is 6.46. The second-order valence-corrected chi connectivity index (χ2v) is 7.98. The summed E-state index contributed by atoms with van der Waals surface area (Å²) in [6.07, 6.45) is 1.86. The van der Waals surface area contributed by atoms with Crippen molar-refractivity contribution in [1.82, 2.24) is 9.78 Å². The summed E-state index contributed by atoms with van der Waals surface area (Å²) in [5.74, 6) is 2.69. The number of hydrogen-bond donors (Lipinski definition) is 1. The van der Waals surface area contributed by atoms with Crippen molar-refractivity contribution >= 4 is 23.5 Å². The molecule has 6 nitrogen and oxygen atoms in total. The maximum atomic E-state index is 12.2. The van der Waals surface area contributed by atoms with Crippen molar-refractivity contribution in [1.29, 1.82) is 0 Å². The molecule has 1 atom stereocenters. The van der Waals surface area contributed by atoms with E-state index in [2.05, 4.69) is 31.2 Å². The van der Waals surface area contributed by atoms with Crippen LogP contribution >= 0.6 is 11.8 Å². The van der Waals surface area contributed by atoms with Crippen LogP contribution in [0.3, 0.4) is 0 Å². The number of carbonyl (C=O) groups is 1. The van der Waals surface area contributed by atoms with Gasteiger partial charge in [0.25, 0.3) is 0 Å². The monoisotopic (exact) mass is 345 g/mol. The summed E-state index contributed by atoms with van der Waals surface area (Å²) in [4.78, 5) is 12.2. The second kappa shape index (κ2) is 5.44. The molecule has 1 amide bonds. The molecule has 0 radical (unpaired) electrons. The summed E-state index contributed by atoms with van der Waals surface area (Å²) < 4.78 is 12.8. The number of hydrogen-bond acceptors (Lipinski definition) is 5. The molecule has 0 fully saturated rings. The van der Waals surface area contributed by atoms with Gasteiger partial charge in [0.1, 0.15) is 5.82 Å². The van der Waals surface area contributed by atoms with Crippen molar-refractivity contribution in [3.63, 3.8) is 0 Å². The lowest BCUT2D eigenvalue weighted by Gasteiger charge is -2.23. The molecule has 2 aliphatic rings. The Kier molecular flexibility index (Phi) is 3.49. The number of nitrogens with zero attached hydrogens (tertiary/aromatic N) is 2. The Labute approximate surface area is 144 Å². The first-order valence-corrected chi connectivity index (χ1v) is 8.88. The minimum absolute atomic E-state index is 0.00417. The number of aromatic nitrogens is 2. The van der Waals surface area contributed by atoms with Gasteiger partial charge in [-0.25, -0.2) is 4.68 Å². The average Bonchev–Trinajstić information content (AvgIpc) is 3.10. The van der Waals surface area contributed by atoms with E-state index in [0.29, 0.717) is 5.75 Å². The average molecular weight is 345 g/mol. The third-order valence-corrected chi connectivity index (χ3v) is 5.34. The summed E-state index contributed by atoms with van der Waals surface area (Å²) in [6, 6.07) is 5.94. The van der Waals surface area contributed by atoms with E-state index in [1.807, 2.05) is 29.1 Å². The van der Waals surface area contributed by atoms with Crippen LogP contribution in [0, 0.1) is 0 Å². The van der Waals surface area contributed by atoms with Crippen LogP contribution in [0.2, 0.25) is 0 Å². The molecule has 2 aromatic rings. The van der Waals surface area contributed by atoms with Gasteiger partial charge in [0.15, 0.2) is 11.5 Å². The third kappa shape index (κ3) is 2.53. The van der Waals surface area contributed by atoms with Crippen LogP contribution in [-0.2, 0) is 10.3 Å². The highest BCUT2D eigenvalue weighted by molar-refractivity contribution is 8.00. The number of ether oxygens (including phenoxy) is 2. The lowest BCUT2D eigenvalue weighted by Crippen LogP contribution is -2.27. The van der Waals surface area contributed by atoms with E-state index < -0.39 is 0 Å². The zero-order valence-corrected chi connectivity index (χ0v) is 14.6. The molecule has 0 spiro atoms. The Bertz CT molecular complexity index is 810. The SMILES string of the molecule is CC(C)(C)n1ncc2c1NC(=O)CS[C@H]2c1ccc2c(c1)OCO2. The summed E-state index contributed by atoms with van der Waals surface area (Å²) in [5.41, 5.74) is 1.88. The van der Waals surface area contributed by atoms with Gasteiger partial charge in [-0.1, -0.05) is 6.07 Å². The quantitative estimate of drug-likeness (QED) is 0.860. The van der Waals surface area contributed by atoms with E-state index in [4.69, 9.17) is 9.47 Å². The fourth-order valence-corrected chi connectivity index (χ4v) is 4.04. The van der Waals surface area contributed by atoms with E-state index in [9.17, 15) is 4.79 Å². The molecule has 7 heteroatoms. The molecule has 1 aromatic heterocycles. The summed E-state index contributed by atoms with van der Waals surface area (Å²) in [7, 11) is 0. The molecule has 4 rings (SSSR count). The maximum absolute atomic E-state index is 12.2. The van der Waals surface area contributed by atoms with E-state index >= 15 is 0 Å². The maximum Gasteiger partial charge on any atom is 0.235 e.